The Labute approximate surface area is 68.3 Å². The summed E-state index contributed by atoms with van der Waals surface area (Å²) in [5, 5.41) is 0. The van der Waals surface area contributed by atoms with Crippen LogP contribution in [0.1, 0.15) is 12.8 Å². The van der Waals surface area contributed by atoms with Gasteiger partial charge in [0, 0.05) is 6.42 Å². The van der Waals surface area contributed by atoms with Crippen molar-refractivity contribution in [3.05, 3.63) is 10.7 Å². The van der Waals surface area contributed by atoms with Gasteiger partial charge in [-0.1, -0.05) is 0 Å². The van der Waals surface area contributed by atoms with Crippen LogP contribution < -0.4 is 4.72 Å². The van der Waals surface area contributed by atoms with Crippen LogP contribution in [0.3, 0.4) is 0 Å². The van der Waals surface area contributed by atoms with Crippen LogP contribution >= 0.6 is 11.9 Å². The van der Waals surface area contributed by atoms with E-state index in [1.807, 2.05) is 0 Å². The summed E-state index contributed by atoms with van der Waals surface area (Å²) in [4.78, 5) is 12.3. The van der Waals surface area contributed by atoms with Crippen molar-refractivity contribution in [1.29, 1.82) is 0 Å². The zero-order chi connectivity index (χ0) is 7.42. The van der Waals surface area contributed by atoms with Crippen LogP contribution in [0.4, 0.5) is 0 Å². The zero-order valence-corrected chi connectivity index (χ0v) is 6.61. The molecule has 0 aromatic heterocycles. The van der Waals surface area contributed by atoms with Crippen molar-refractivity contribution in [3.63, 3.8) is 0 Å². The van der Waals surface area contributed by atoms with Crippen LogP contribution in [-0.4, -0.2) is 12.0 Å². The van der Waals surface area contributed by atoms with Crippen molar-refractivity contribution in [2.24, 2.45) is 5.92 Å². The van der Waals surface area contributed by atoms with E-state index in [2.05, 4.69) is 4.72 Å². The summed E-state index contributed by atoms with van der Waals surface area (Å²) in [6.07, 6.45) is 2.21. The fraction of sp³-hybridized carbons (Fsp3) is 0.571. The number of hydrogen-bond acceptors (Lipinski definition) is 3. The predicted octanol–water partition coefficient (Wildman–Crippen LogP) is 0.785. The van der Waals surface area contributed by atoms with Gasteiger partial charge in [0.1, 0.15) is 17.8 Å². The van der Waals surface area contributed by atoms with Gasteiger partial charge in [-0.2, -0.15) is 0 Å². The molecule has 0 aromatic rings. The highest BCUT2D eigenvalue weighted by Gasteiger charge is 2.49. The molecule has 3 rings (SSSR count). The van der Waals surface area contributed by atoms with Crippen LogP contribution in [0.2, 0.25) is 0 Å². The largest absolute Gasteiger partial charge is 0.493 e. The lowest BCUT2D eigenvalue weighted by Crippen LogP contribution is -2.26. The second-order valence-corrected chi connectivity index (χ2v) is 3.88. The Morgan fingerprint density at radius 3 is 3.36 bits per heavy atom. The molecular weight excluding hydrogens is 162 g/mol. The number of amides is 1. The Bertz CT molecular complexity index is 274. The molecule has 2 atom stereocenters. The molecule has 0 aliphatic carbocycles. The van der Waals surface area contributed by atoms with E-state index >= 15 is 0 Å². The van der Waals surface area contributed by atoms with Gasteiger partial charge in [-0.3, -0.25) is 9.52 Å². The summed E-state index contributed by atoms with van der Waals surface area (Å²) in [5.74, 6) is 1.23. The highest BCUT2D eigenvalue weighted by Crippen LogP contribution is 2.49. The Kier molecular flexibility index (Phi) is 0.943. The first-order valence-electron chi connectivity index (χ1n) is 3.72. The molecule has 0 aromatic carbocycles. The molecule has 2 saturated heterocycles. The Hall–Kier alpha value is -0.640. The van der Waals surface area contributed by atoms with Gasteiger partial charge in [0.2, 0.25) is 5.91 Å². The molecule has 0 unspecified atom stereocenters. The maximum absolute atomic E-state index is 11.2. The molecule has 2 fully saturated rings. The standard InChI is InChI=1S/C7H7NO2S/c9-7-5-3-1-2-4(10-3)6(5)11-8-7/h3,5H,1-2H2,(H,8,9)/t3-,5+/m1/s1. The summed E-state index contributed by atoms with van der Waals surface area (Å²) in [6.45, 7) is 0. The fourth-order valence-electron chi connectivity index (χ4n) is 1.91. The quantitative estimate of drug-likeness (QED) is 0.545. The fourth-order valence-corrected chi connectivity index (χ4v) is 2.90. The second kappa shape index (κ2) is 1.75. The smallest absolute Gasteiger partial charge is 0.242 e. The summed E-state index contributed by atoms with van der Waals surface area (Å²) < 4.78 is 8.27. The summed E-state index contributed by atoms with van der Waals surface area (Å²) >= 11 is 1.44. The first-order valence-corrected chi connectivity index (χ1v) is 4.54. The van der Waals surface area contributed by atoms with E-state index in [4.69, 9.17) is 4.74 Å². The van der Waals surface area contributed by atoms with E-state index in [9.17, 15) is 4.79 Å². The van der Waals surface area contributed by atoms with Crippen molar-refractivity contribution in [1.82, 2.24) is 4.72 Å². The van der Waals surface area contributed by atoms with Gasteiger partial charge >= 0.3 is 0 Å². The van der Waals surface area contributed by atoms with Gasteiger partial charge in [-0.25, -0.2) is 0 Å². The van der Waals surface area contributed by atoms with Gasteiger partial charge in [0.05, 0.1) is 4.91 Å². The highest BCUT2D eigenvalue weighted by molar-refractivity contribution is 8.02. The Morgan fingerprint density at radius 1 is 1.64 bits per heavy atom. The van der Waals surface area contributed by atoms with E-state index < -0.39 is 0 Å². The lowest BCUT2D eigenvalue weighted by atomic mass is 9.95. The average molecular weight is 169 g/mol. The van der Waals surface area contributed by atoms with Crippen molar-refractivity contribution in [2.45, 2.75) is 18.9 Å². The number of hydrogen-bond donors (Lipinski definition) is 1. The van der Waals surface area contributed by atoms with E-state index in [-0.39, 0.29) is 17.9 Å². The molecule has 1 amide bonds. The maximum atomic E-state index is 11.2. The van der Waals surface area contributed by atoms with Crippen LogP contribution in [-0.2, 0) is 9.53 Å². The number of nitrogens with one attached hydrogen (secondary N) is 1. The number of carbonyl (C=O) groups excluding carboxylic acids is 1. The van der Waals surface area contributed by atoms with E-state index in [1.165, 1.54) is 11.9 Å². The van der Waals surface area contributed by atoms with Crippen molar-refractivity contribution >= 4 is 17.9 Å². The minimum atomic E-state index is 0.0451. The lowest BCUT2D eigenvalue weighted by molar-refractivity contribution is -0.123. The number of rotatable bonds is 0. The molecule has 0 radical (unpaired) electrons. The SMILES string of the molecule is O=C1NSC2=C3CC[C@@H](O3)[C@H]12. The van der Waals surface area contributed by atoms with Gasteiger partial charge in [0.25, 0.3) is 0 Å². The number of ether oxygens (including phenoxy) is 1. The van der Waals surface area contributed by atoms with Gasteiger partial charge < -0.3 is 4.74 Å². The monoisotopic (exact) mass is 169 g/mol. The molecule has 3 heterocycles. The number of fused-ring (bicyclic) bond motifs is 4. The molecule has 11 heavy (non-hydrogen) atoms. The summed E-state index contributed by atoms with van der Waals surface area (Å²) in [6, 6.07) is 0. The van der Waals surface area contributed by atoms with E-state index in [0.29, 0.717) is 0 Å². The zero-order valence-electron chi connectivity index (χ0n) is 5.79. The molecule has 3 nitrogen and oxygen atoms in total. The predicted molar refractivity (Wildman–Crippen MR) is 40.4 cm³/mol. The normalized spacial score (nSPS) is 39.1. The molecule has 3 aliphatic rings. The average Bonchev–Trinajstić information content (AvgIpc) is 2.60. The van der Waals surface area contributed by atoms with Crippen LogP contribution in [0.25, 0.3) is 0 Å². The third-order valence-corrected chi connectivity index (χ3v) is 3.43. The Balaban J connectivity index is 2.12. The summed E-state index contributed by atoms with van der Waals surface area (Å²) in [7, 11) is 0. The molecule has 3 aliphatic heterocycles. The molecular formula is C7H7NO2S. The first kappa shape index (κ1) is 5.94. The molecule has 58 valence electrons. The van der Waals surface area contributed by atoms with E-state index in [0.717, 1.165) is 23.5 Å². The molecule has 0 saturated carbocycles. The van der Waals surface area contributed by atoms with Gasteiger partial charge in [-0.15, -0.1) is 0 Å². The van der Waals surface area contributed by atoms with Crippen molar-refractivity contribution in [3.8, 4) is 0 Å². The number of carbonyl (C=O) groups is 1. The van der Waals surface area contributed by atoms with Gasteiger partial charge in [-0.05, 0) is 18.4 Å². The molecule has 1 N–H and O–H groups in total. The Morgan fingerprint density at radius 2 is 2.55 bits per heavy atom. The molecule has 4 heteroatoms. The highest BCUT2D eigenvalue weighted by atomic mass is 32.2. The molecule has 0 spiro atoms. The topological polar surface area (TPSA) is 38.3 Å². The second-order valence-electron chi connectivity index (χ2n) is 3.03. The third kappa shape index (κ3) is 0.588. The lowest BCUT2D eigenvalue weighted by Gasteiger charge is -2.09. The first-order chi connectivity index (χ1) is 5.36. The van der Waals surface area contributed by atoms with Crippen molar-refractivity contribution < 1.29 is 9.53 Å². The molecule has 2 bridgehead atoms. The third-order valence-electron chi connectivity index (χ3n) is 2.42. The van der Waals surface area contributed by atoms with Crippen LogP contribution in [0, 0.1) is 5.92 Å². The van der Waals surface area contributed by atoms with Crippen LogP contribution in [0.15, 0.2) is 10.7 Å². The van der Waals surface area contributed by atoms with Crippen molar-refractivity contribution in [2.75, 3.05) is 0 Å². The van der Waals surface area contributed by atoms with Crippen LogP contribution in [0.5, 0.6) is 0 Å². The van der Waals surface area contributed by atoms with Gasteiger partial charge in [0.15, 0.2) is 0 Å². The summed E-state index contributed by atoms with van der Waals surface area (Å²) in [5.41, 5.74) is 0. The minimum Gasteiger partial charge on any atom is -0.493 e. The maximum Gasteiger partial charge on any atom is 0.242 e. The minimum absolute atomic E-state index is 0.0451. The van der Waals surface area contributed by atoms with E-state index in [1.54, 1.807) is 0 Å². The number of allylic oxidation sites excluding steroid dienone is 1.